The van der Waals surface area contributed by atoms with Gasteiger partial charge in [0, 0.05) is 18.0 Å². The molecule has 2 saturated heterocycles. The number of hydrogen-bond acceptors (Lipinski definition) is 3. The first kappa shape index (κ1) is 24.7. The van der Waals surface area contributed by atoms with Gasteiger partial charge in [0.05, 0.1) is 12.6 Å². The van der Waals surface area contributed by atoms with Crippen molar-refractivity contribution in [3.8, 4) is 0 Å². The van der Waals surface area contributed by atoms with Crippen LogP contribution in [0.5, 0.6) is 0 Å². The fraction of sp³-hybridized carbons (Fsp3) is 0.516. The SMILES string of the molecule is CC(C)C[C@H](C(=O)N1CCC2C1C(=O)CN2C(=O)c1ccccc1)C1CCCC(c2ccccc2)C1. The molecule has 0 N–H and O–H groups in total. The fourth-order valence-electron chi connectivity index (χ4n) is 6.92. The molecule has 2 heterocycles. The number of Topliss-reactive ketones (excluding diaryl/α,β-unsaturated/α-hetero) is 1. The van der Waals surface area contributed by atoms with Gasteiger partial charge in [-0.25, -0.2) is 0 Å². The van der Waals surface area contributed by atoms with Crippen LogP contribution in [0.1, 0.15) is 74.2 Å². The van der Waals surface area contributed by atoms with Gasteiger partial charge in [0.25, 0.3) is 5.91 Å². The molecule has 1 aliphatic carbocycles. The van der Waals surface area contributed by atoms with Gasteiger partial charge in [-0.15, -0.1) is 0 Å². The fourth-order valence-corrected chi connectivity index (χ4v) is 6.92. The van der Waals surface area contributed by atoms with E-state index in [2.05, 4.69) is 44.2 Å². The number of ketones is 1. The second-order valence-electron chi connectivity index (χ2n) is 11.4. The second-order valence-corrected chi connectivity index (χ2v) is 11.4. The minimum atomic E-state index is -0.492. The summed E-state index contributed by atoms with van der Waals surface area (Å²) in [4.78, 5) is 44.1. The third-order valence-corrected chi connectivity index (χ3v) is 8.58. The maximum Gasteiger partial charge on any atom is 0.254 e. The Morgan fingerprint density at radius 2 is 1.61 bits per heavy atom. The Kier molecular flexibility index (Phi) is 7.27. The number of carbonyl (C=O) groups excluding carboxylic acids is 3. The predicted molar refractivity (Wildman–Crippen MR) is 140 cm³/mol. The van der Waals surface area contributed by atoms with E-state index in [-0.39, 0.29) is 36.1 Å². The van der Waals surface area contributed by atoms with Gasteiger partial charge in [0.1, 0.15) is 6.04 Å². The summed E-state index contributed by atoms with van der Waals surface area (Å²) < 4.78 is 0. The van der Waals surface area contributed by atoms with Crippen LogP contribution in [-0.4, -0.2) is 52.6 Å². The summed E-state index contributed by atoms with van der Waals surface area (Å²) in [6.45, 7) is 5.03. The molecule has 0 aromatic heterocycles. The van der Waals surface area contributed by atoms with Crippen molar-refractivity contribution in [1.29, 1.82) is 0 Å². The first-order valence-corrected chi connectivity index (χ1v) is 13.7. The van der Waals surface area contributed by atoms with Gasteiger partial charge in [0.15, 0.2) is 5.78 Å². The average Bonchev–Trinajstić information content (AvgIpc) is 3.49. The highest BCUT2D eigenvalue weighted by Crippen LogP contribution is 2.43. The molecule has 5 nitrogen and oxygen atoms in total. The van der Waals surface area contributed by atoms with Crippen molar-refractivity contribution in [2.75, 3.05) is 13.1 Å². The van der Waals surface area contributed by atoms with E-state index in [1.807, 2.05) is 23.1 Å². The largest absolute Gasteiger partial charge is 0.330 e. The summed E-state index contributed by atoms with van der Waals surface area (Å²) in [5.74, 6) is 1.19. The number of fused-ring (bicyclic) bond motifs is 1. The zero-order valence-corrected chi connectivity index (χ0v) is 21.5. The highest BCUT2D eigenvalue weighted by Gasteiger charge is 2.52. The van der Waals surface area contributed by atoms with Gasteiger partial charge in [0.2, 0.25) is 5.91 Å². The van der Waals surface area contributed by atoms with Crippen molar-refractivity contribution in [2.24, 2.45) is 17.8 Å². The predicted octanol–water partition coefficient (Wildman–Crippen LogP) is 5.32. The summed E-state index contributed by atoms with van der Waals surface area (Å²) in [7, 11) is 0. The van der Waals surface area contributed by atoms with Crippen molar-refractivity contribution in [1.82, 2.24) is 9.80 Å². The molecule has 0 radical (unpaired) electrons. The van der Waals surface area contributed by atoms with Crippen LogP contribution < -0.4 is 0 Å². The molecule has 36 heavy (non-hydrogen) atoms. The third kappa shape index (κ3) is 4.85. The van der Waals surface area contributed by atoms with Gasteiger partial charge in [-0.3, -0.25) is 14.4 Å². The molecular weight excluding hydrogens is 448 g/mol. The summed E-state index contributed by atoms with van der Waals surface area (Å²) >= 11 is 0. The van der Waals surface area contributed by atoms with Gasteiger partial charge in [-0.2, -0.15) is 0 Å². The van der Waals surface area contributed by atoms with E-state index in [1.54, 1.807) is 17.0 Å². The molecule has 2 aromatic carbocycles. The first-order valence-electron chi connectivity index (χ1n) is 13.7. The summed E-state index contributed by atoms with van der Waals surface area (Å²) in [6, 6.07) is 19.2. The van der Waals surface area contributed by atoms with Crippen LogP contribution in [0.2, 0.25) is 0 Å². The van der Waals surface area contributed by atoms with Crippen molar-refractivity contribution in [3.05, 3.63) is 71.8 Å². The molecule has 4 unspecified atom stereocenters. The van der Waals surface area contributed by atoms with Crippen LogP contribution >= 0.6 is 0 Å². The monoisotopic (exact) mass is 486 g/mol. The van der Waals surface area contributed by atoms with E-state index in [0.29, 0.717) is 36.3 Å². The number of hydrogen-bond donors (Lipinski definition) is 0. The zero-order valence-electron chi connectivity index (χ0n) is 21.5. The minimum absolute atomic E-state index is 0.00392. The normalized spacial score (nSPS) is 26.8. The van der Waals surface area contributed by atoms with Crippen LogP contribution in [-0.2, 0) is 9.59 Å². The van der Waals surface area contributed by atoms with Crippen molar-refractivity contribution >= 4 is 17.6 Å². The quantitative estimate of drug-likeness (QED) is 0.555. The van der Waals surface area contributed by atoms with Crippen molar-refractivity contribution in [2.45, 2.75) is 70.4 Å². The first-order chi connectivity index (χ1) is 17.4. The van der Waals surface area contributed by atoms with E-state index in [9.17, 15) is 14.4 Å². The Hall–Kier alpha value is -2.95. The standard InChI is InChI=1S/C31H38N2O3/c1-21(2)18-26(25-15-9-14-24(19-25)22-10-5-3-6-11-22)31(36)32-17-16-27-29(32)28(34)20-33(27)30(35)23-12-7-4-8-13-23/h3-8,10-13,21,24-27,29H,9,14-20H2,1-2H3/t24?,25?,26-,27?,29?/m0/s1. The lowest BCUT2D eigenvalue weighted by molar-refractivity contribution is -0.142. The zero-order chi connectivity index (χ0) is 25.2. The second kappa shape index (κ2) is 10.6. The molecule has 5 rings (SSSR count). The molecule has 1 saturated carbocycles. The van der Waals surface area contributed by atoms with Gasteiger partial charge < -0.3 is 9.80 Å². The highest BCUT2D eigenvalue weighted by molar-refractivity contribution is 6.02. The molecule has 2 aromatic rings. The van der Waals surface area contributed by atoms with Crippen LogP contribution in [0.25, 0.3) is 0 Å². The molecule has 3 fully saturated rings. The maximum atomic E-state index is 14.1. The summed E-state index contributed by atoms with van der Waals surface area (Å²) in [6.07, 6.45) is 5.93. The van der Waals surface area contributed by atoms with Crippen LogP contribution in [0.3, 0.4) is 0 Å². The lowest BCUT2D eigenvalue weighted by atomic mass is 9.70. The Bertz CT molecular complexity index is 1080. The van der Waals surface area contributed by atoms with E-state index < -0.39 is 6.04 Å². The molecule has 2 amide bonds. The van der Waals surface area contributed by atoms with Gasteiger partial charge in [-0.05, 0) is 67.6 Å². The number of rotatable bonds is 6. The Morgan fingerprint density at radius 3 is 2.31 bits per heavy atom. The Balaban J connectivity index is 1.34. The molecule has 2 aliphatic heterocycles. The summed E-state index contributed by atoms with van der Waals surface area (Å²) in [5, 5.41) is 0. The molecule has 0 spiro atoms. The van der Waals surface area contributed by atoms with Crippen LogP contribution in [0.15, 0.2) is 60.7 Å². The average molecular weight is 487 g/mol. The number of amides is 2. The lowest BCUT2D eigenvalue weighted by Gasteiger charge is -2.37. The molecule has 3 aliphatic rings. The molecule has 190 valence electrons. The van der Waals surface area contributed by atoms with E-state index >= 15 is 0 Å². The molecule has 0 bridgehead atoms. The summed E-state index contributed by atoms with van der Waals surface area (Å²) in [5.41, 5.74) is 1.97. The molecule has 5 heteroatoms. The number of benzene rings is 2. The van der Waals surface area contributed by atoms with E-state index in [4.69, 9.17) is 0 Å². The lowest BCUT2D eigenvalue weighted by Crippen LogP contribution is -2.47. The van der Waals surface area contributed by atoms with E-state index in [0.717, 1.165) is 25.7 Å². The smallest absolute Gasteiger partial charge is 0.254 e. The van der Waals surface area contributed by atoms with Crippen molar-refractivity contribution in [3.63, 3.8) is 0 Å². The van der Waals surface area contributed by atoms with Gasteiger partial charge >= 0.3 is 0 Å². The van der Waals surface area contributed by atoms with Crippen LogP contribution in [0, 0.1) is 17.8 Å². The number of nitrogens with zero attached hydrogens (tertiary/aromatic N) is 2. The number of likely N-dealkylation sites (tertiary alicyclic amines) is 2. The third-order valence-electron chi connectivity index (χ3n) is 8.58. The topological polar surface area (TPSA) is 57.7 Å². The maximum absolute atomic E-state index is 14.1. The molecule has 5 atom stereocenters. The number of carbonyl (C=O) groups is 3. The Morgan fingerprint density at radius 1 is 0.917 bits per heavy atom. The highest BCUT2D eigenvalue weighted by atomic mass is 16.2. The van der Waals surface area contributed by atoms with Gasteiger partial charge in [-0.1, -0.05) is 68.8 Å². The molecular formula is C31H38N2O3. The minimum Gasteiger partial charge on any atom is -0.330 e. The van der Waals surface area contributed by atoms with Crippen LogP contribution in [0.4, 0.5) is 0 Å². The van der Waals surface area contributed by atoms with Crippen molar-refractivity contribution < 1.29 is 14.4 Å². The van der Waals surface area contributed by atoms with E-state index in [1.165, 1.54) is 12.0 Å². The Labute approximate surface area is 214 Å².